The summed E-state index contributed by atoms with van der Waals surface area (Å²) in [6.07, 6.45) is -0.418. The number of carbonyl (C=O) groups is 1. The summed E-state index contributed by atoms with van der Waals surface area (Å²) in [6.45, 7) is 5.71. The molecule has 1 aliphatic rings. The molecular formula is C19H24FN3O5S. The molecule has 8 nitrogen and oxygen atoms in total. The van der Waals surface area contributed by atoms with Gasteiger partial charge in [0.15, 0.2) is 23.4 Å². The molecule has 1 amide bonds. The van der Waals surface area contributed by atoms with Crippen LogP contribution in [0.2, 0.25) is 0 Å². The molecule has 0 radical (unpaired) electrons. The van der Waals surface area contributed by atoms with Crippen molar-refractivity contribution in [1.29, 1.82) is 0 Å². The van der Waals surface area contributed by atoms with E-state index in [-0.39, 0.29) is 41.9 Å². The number of aromatic nitrogens is 1. The molecule has 1 aromatic carbocycles. The van der Waals surface area contributed by atoms with Gasteiger partial charge in [-0.25, -0.2) is 12.8 Å². The topological polar surface area (TPSA) is 93.0 Å². The second kappa shape index (κ2) is 8.50. The number of sulfonamides is 1. The van der Waals surface area contributed by atoms with Gasteiger partial charge in [0.05, 0.1) is 0 Å². The van der Waals surface area contributed by atoms with Gasteiger partial charge in [-0.15, -0.1) is 0 Å². The molecule has 1 saturated heterocycles. The first-order chi connectivity index (χ1) is 13.7. The van der Waals surface area contributed by atoms with Gasteiger partial charge >= 0.3 is 0 Å². The molecule has 1 aliphatic heterocycles. The minimum atomic E-state index is -3.77. The maximum atomic E-state index is 13.8. The average Bonchev–Trinajstić information content (AvgIpc) is 2.88. The van der Waals surface area contributed by atoms with Crippen LogP contribution in [0.1, 0.15) is 24.8 Å². The predicted molar refractivity (Wildman–Crippen MR) is 102 cm³/mol. The number of aryl methyl sites for hydroxylation is 2. The first-order valence-corrected chi connectivity index (χ1v) is 10.8. The highest BCUT2D eigenvalue weighted by molar-refractivity contribution is 7.89. The molecular weight excluding hydrogens is 401 g/mol. The fraction of sp³-hybridized carbons (Fsp3) is 0.474. The number of hydrogen-bond donors (Lipinski definition) is 0. The Morgan fingerprint density at radius 1 is 1.21 bits per heavy atom. The number of ether oxygens (including phenoxy) is 1. The normalized spacial score (nSPS) is 17.0. The zero-order chi connectivity index (χ0) is 21.2. The Bertz CT molecular complexity index is 972. The third kappa shape index (κ3) is 4.43. The maximum Gasteiger partial charge on any atom is 0.263 e. The van der Waals surface area contributed by atoms with E-state index in [2.05, 4.69) is 5.16 Å². The van der Waals surface area contributed by atoms with E-state index in [1.807, 2.05) is 0 Å². The largest absolute Gasteiger partial charge is 0.478 e. The highest BCUT2D eigenvalue weighted by atomic mass is 32.2. The first-order valence-electron chi connectivity index (χ1n) is 9.35. The molecule has 158 valence electrons. The molecule has 1 fully saturated rings. The quantitative estimate of drug-likeness (QED) is 0.729. The van der Waals surface area contributed by atoms with Gasteiger partial charge < -0.3 is 14.2 Å². The van der Waals surface area contributed by atoms with Gasteiger partial charge in [0.2, 0.25) is 10.0 Å². The Morgan fingerprint density at radius 3 is 2.59 bits per heavy atom. The van der Waals surface area contributed by atoms with Crippen LogP contribution in [0.5, 0.6) is 5.75 Å². The van der Waals surface area contributed by atoms with Crippen LogP contribution in [0.15, 0.2) is 33.7 Å². The Balaban J connectivity index is 1.68. The highest BCUT2D eigenvalue weighted by Crippen LogP contribution is 2.24. The lowest BCUT2D eigenvalue weighted by atomic mass is 10.3. The van der Waals surface area contributed by atoms with Crippen molar-refractivity contribution in [1.82, 2.24) is 14.4 Å². The molecule has 0 N–H and O–H groups in total. The van der Waals surface area contributed by atoms with Crippen LogP contribution in [0, 0.1) is 19.7 Å². The molecule has 2 aromatic rings. The zero-order valence-electron chi connectivity index (χ0n) is 16.6. The molecule has 2 heterocycles. The van der Waals surface area contributed by atoms with Crippen molar-refractivity contribution in [2.75, 3.05) is 26.2 Å². The second-order valence-electron chi connectivity index (χ2n) is 6.93. The van der Waals surface area contributed by atoms with Gasteiger partial charge in [-0.3, -0.25) is 4.79 Å². The number of halogens is 1. The summed E-state index contributed by atoms with van der Waals surface area (Å²) >= 11 is 0. The second-order valence-corrected chi connectivity index (χ2v) is 8.80. The Hall–Kier alpha value is -2.46. The smallest absolute Gasteiger partial charge is 0.263 e. The summed E-state index contributed by atoms with van der Waals surface area (Å²) in [6, 6.07) is 5.88. The van der Waals surface area contributed by atoms with Gasteiger partial charge in [0.1, 0.15) is 10.6 Å². The average molecular weight is 425 g/mol. The van der Waals surface area contributed by atoms with Crippen molar-refractivity contribution >= 4 is 15.9 Å². The van der Waals surface area contributed by atoms with Crippen LogP contribution in [-0.2, 0) is 14.8 Å². The van der Waals surface area contributed by atoms with Crippen molar-refractivity contribution < 1.29 is 26.9 Å². The van der Waals surface area contributed by atoms with Gasteiger partial charge in [-0.05, 0) is 39.3 Å². The van der Waals surface area contributed by atoms with Gasteiger partial charge in [-0.2, -0.15) is 4.31 Å². The Kier molecular flexibility index (Phi) is 6.23. The summed E-state index contributed by atoms with van der Waals surface area (Å²) in [5.41, 5.74) is 0.312. The van der Waals surface area contributed by atoms with Crippen molar-refractivity contribution in [3.63, 3.8) is 0 Å². The van der Waals surface area contributed by atoms with E-state index in [1.165, 1.54) is 22.5 Å². The van der Waals surface area contributed by atoms with Crippen molar-refractivity contribution in [3.05, 3.63) is 41.5 Å². The van der Waals surface area contributed by atoms with Crippen molar-refractivity contribution in [2.45, 2.75) is 38.2 Å². The number of rotatable bonds is 5. The van der Waals surface area contributed by atoms with E-state index in [9.17, 15) is 17.6 Å². The molecule has 1 atom stereocenters. The summed E-state index contributed by atoms with van der Waals surface area (Å²) < 4.78 is 51.5. The van der Waals surface area contributed by atoms with Crippen LogP contribution in [0.25, 0.3) is 0 Å². The third-order valence-electron chi connectivity index (χ3n) is 4.82. The number of amides is 1. The third-order valence-corrected chi connectivity index (χ3v) is 6.96. The zero-order valence-corrected chi connectivity index (χ0v) is 17.4. The molecule has 0 bridgehead atoms. The minimum absolute atomic E-state index is 0.00536. The highest BCUT2D eigenvalue weighted by Gasteiger charge is 2.33. The first kappa shape index (κ1) is 21.3. The van der Waals surface area contributed by atoms with E-state index in [4.69, 9.17) is 9.26 Å². The van der Waals surface area contributed by atoms with Crippen LogP contribution in [0.3, 0.4) is 0 Å². The monoisotopic (exact) mass is 425 g/mol. The molecule has 0 aliphatic carbocycles. The van der Waals surface area contributed by atoms with Crippen molar-refractivity contribution in [2.24, 2.45) is 0 Å². The van der Waals surface area contributed by atoms with E-state index in [1.54, 1.807) is 31.7 Å². The maximum absolute atomic E-state index is 13.8. The molecule has 0 saturated carbocycles. The van der Waals surface area contributed by atoms with E-state index in [0.29, 0.717) is 18.7 Å². The summed E-state index contributed by atoms with van der Waals surface area (Å²) in [5.74, 6) is -0.609. The lowest BCUT2D eigenvalue weighted by Crippen LogP contribution is -2.43. The molecule has 10 heteroatoms. The molecule has 1 aromatic heterocycles. The summed E-state index contributed by atoms with van der Waals surface area (Å²) in [4.78, 5) is 14.4. The predicted octanol–water partition coefficient (Wildman–Crippen LogP) is 2.12. The lowest BCUT2D eigenvalue weighted by Gasteiger charge is -2.25. The van der Waals surface area contributed by atoms with E-state index < -0.39 is 21.9 Å². The Morgan fingerprint density at radius 2 is 1.93 bits per heavy atom. The van der Waals surface area contributed by atoms with Crippen LogP contribution in [-0.4, -0.2) is 61.0 Å². The molecule has 3 rings (SSSR count). The van der Waals surface area contributed by atoms with E-state index >= 15 is 0 Å². The number of para-hydroxylation sites is 1. The van der Waals surface area contributed by atoms with Gasteiger partial charge in [0.25, 0.3) is 5.91 Å². The standard InChI is InChI=1S/C19H24FN3O5S/c1-13-18(14(2)28-21-13)29(25,26)23-10-6-9-22(11-12-23)19(24)15(3)27-17-8-5-4-7-16(17)20/h4-5,7-8,15H,6,9-12H2,1-3H3. The SMILES string of the molecule is Cc1noc(C)c1S(=O)(=O)N1CCCN(C(=O)C(C)Oc2ccccc2F)CC1. The van der Waals surface area contributed by atoms with Crippen LogP contribution in [0.4, 0.5) is 4.39 Å². The van der Waals surface area contributed by atoms with Crippen LogP contribution < -0.4 is 4.74 Å². The number of nitrogens with zero attached hydrogens (tertiary/aromatic N) is 3. The lowest BCUT2D eigenvalue weighted by molar-refractivity contribution is -0.137. The van der Waals surface area contributed by atoms with Gasteiger partial charge in [-0.1, -0.05) is 17.3 Å². The molecule has 29 heavy (non-hydrogen) atoms. The number of hydrogen-bond acceptors (Lipinski definition) is 6. The minimum Gasteiger partial charge on any atom is -0.478 e. The number of carbonyl (C=O) groups excluding carboxylic acids is 1. The Labute approximate surface area is 169 Å². The van der Waals surface area contributed by atoms with Crippen molar-refractivity contribution in [3.8, 4) is 5.75 Å². The van der Waals surface area contributed by atoms with Crippen LogP contribution >= 0.6 is 0 Å². The fourth-order valence-electron chi connectivity index (χ4n) is 3.36. The summed E-state index contributed by atoms with van der Waals surface area (Å²) in [5, 5.41) is 3.72. The molecule has 0 spiro atoms. The molecule has 1 unspecified atom stereocenters. The fourth-order valence-corrected chi connectivity index (χ4v) is 5.13. The number of benzene rings is 1. The van der Waals surface area contributed by atoms with Gasteiger partial charge in [0, 0.05) is 26.2 Å². The van der Waals surface area contributed by atoms with E-state index in [0.717, 1.165) is 0 Å². The summed E-state index contributed by atoms with van der Waals surface area (Å²) in [7, 11) is -3.77.